The summed E-state index contributed by atoms with van der Waals surface area (Å²) < 4.78 is 0. The first kappa shape index (κ1) is 23.8. The van der Waals surface area contributed by atoms with Gasteiger partial charge in [-0.2, -0.15) is 0 Å². The molecular formula is C27H33N3O4. The fraction of sp³-hybridized carbons (Fsp3) is 0.444. The van der Waals surface area contributed by atoms with Crippen LogP contribution in [0.1, 0.15) is 61.3 Å². The summed E-state index contributed by atoms with van der Waals surface area (Å²) in [5, 5.41) is 15.7. The van der Waals surface area contributed by atoms with Crippen LogP contribution in [0.15, 0.2) is 24.3 Å². The van der Waals surface area contributed by atoms with Crippen molar-refractivity contribution in [1.82, 2.24) is 5.32 Å². The van der Waals surface area contributed by atoms with Crippen molar-refractivity contribution in [1.29, 1.82) is 0 Å². The van der Waals surface area contributed by atoms with Gasteiger partial charge in [0.1, 0.15) is 5.54 Å². The van der Waals surface area contributed by atoms with Gasteiger partial charge in [0.05, 0.1) is 17.8 Å². The largest absolute Gasteiger partial charge is 0.481 e. The van der Waals surface area contributed by atoms with Crippen molar-refractivity contribution >= 4 is 29.3 Å². The number of urea groups is 1. The lowest BCUT2D eigenvalue weighted by Gasteiger charge is -2.49. The maximum atomic E-state index is 13.6. The van der Waals surface area contributed by atoms with Gasteiger partial charge in [0.2, 0.25) is 0 Å². The quantitative estimate of drug-likeness (QED) is 0.588. The molecule has 1 aliphatic carbocycles. The molecule has 180 valence electrons. The van der Waals surface area contributed by atoms with E-state index in [1.165, 1.54) is 0 Å². The summed E-state index contributed by atoms with van der Waals surface area (Å²) in [6.07, 6.45) is 3.81. The van der Waals surface area contributed by atoms with E-state index in [1.54, 1.807) is 4.90 Å². The molecule has 0 unspecified atom stereocenters. The number of carboxylic acid groups (broad SMARTS) is 1. The molecule has 3 amide bonds. The van der Waals surface area contributed by atoms with Crippen LogP contribution in [-0.2, 0) is 16.0 Å². The molecule has 0 saturated heterocycles. The fourth-order valence-electron chi connectivity index (χ4n) is 5.62. The van der Waals surface area contributed by atoms with Gasteiger partial charge in [-0.3, -0.25) is 14.5 Å². The number of rotatable bonds is 4. The maximum Gasteiger partial charge on any atom is 0.322 e. The summed E-state index contributed by atoms with van der Waals surface area (Å²) in [6, 6.07) is 7.69. The molecule has 1 spiro atoms. The fourth-order valence-corrected chi connectivity index (χ4v) is 5.62. The highest BCUT2D eigenvalue weighted by atomic mass is 16.4. The molecule has 0 bridgehead atoms. The van der Waals surface area contributed by atoms with E-state index in [4.69, 9.17) is 0 Å². The first-order valence-corrected chi connectivity index (χ1v) is 12.1. The highest BCUT2D eigenvalue weighted by Gasteiger charge is 2.52. The van der Waals surface area contributed by atoms with Gasteiger partial charge in [-0.1, -0.05) is 49.1 Å². The van der Waals surface area contributed by atoms with Crippen LogP contribution in [0.25, 0.3) is 11.1 Å². The van der Waals surface area contributed by atoms with Crippen molar-refractivity contribution in [3.63, 3.8) is 0 Å². The van der Waals surface area contributed by atoms with Gasteiger partial charge in [-0.25, -0.2) is 4.79 Å². The zero-order valence-electron chi connectivity index (χ0n) is 20.4. The lowest BCUT2D eigenvalue weighted by molar-refractivity contribution is -0.136. The molecule has 2 aromatic carbocycles. The molecule has 0 aromatic heterocycles. The Labute approximate surface area is 200 Å². The van der Waals surface area contributed by atoms with Crippen LogP contribution in [-0.4, -0.2) is 35.1 Å². The smallest absolute Gasteiger partial charge is 0.322 e. The summed E-state index contributed by atoms with van der Waals surface area (Å²) in [4.78, 5) is 40.7. The van der Waals surface area contributed by atoms with Gasteiger partial charge in [0.15, 0.2) is 0 Å². The van der Waals surface area contributed by atoms with Gasteiger partial charge in [0.25, 0.3) is 5.91 Å². The Morgan fingerprint density at radius 1 is 1.06 bits per heavy atom. The first-order valence-electron chi connectivity index (χ1n) is 12.1. The molecule has 0 atom stereocenters. The summed E-state index contributed by atoms with van der Waals surface area (Å²) in [7, 11) is 0. The number of hydrogen-bond acceptors (Lipinski definition) is 3. The van der Waals surface area contributed by atoms with E-state index in [9.17, 15) is 19.5 Å². The minimum absolute atomic E-state index is 0.175. The number of nitrogens with one attached hydrogen (secondary N) is 2. The predicted octanol–water partition coefficient (Wildman–Crippen LogP) is 5.10. The zero-order valence-corrected chi connectivity index (χ0v) is 20.4. The summed E-state index contributed by atoms with van der Waals surface area (Å²) in [5.41, 5.74) is 5.23. The van der Waals surface area contributed by atoms with Crippen LogP contribution < -0.4 is 15.5 Å². The molecule has 34 heavy (non-hydrogen) atoms. The van der Waals surface area contributed by atoms with E-state index in [1.807, 2.05) is 52.0 Å². The zero-order chi connectivity index (χ0) is 24.6. The number of carbonyl (C=O) groups is 3. The summed E-state index contributed by atoms with van der Waals surface area (Å²) in [5.74, 6) is -1.12. The molecule has 1 aliphatic heterocycles. The number of hydrogen-bond donors (Lipinski definition) is 3. The predicted molar refractivity (Wildman–Crippen MR) is 133 cm³/mol. The number of carbonyl (C=O) groups excluding carboxylic acids is 2. The SMILES string of the molecule is CCNC(=O)N1c2c(C)c(-c3ccc(C)cc3)c(CC(=O)O)c(C)c2NC(=O)C12CCCCC2. The number of amides is 3. The Balaban J connectivity index is 2.05. The van der Waals surface area contributed by atoms with E-state index < -0.39 is 11.5 Å². The van der Waals surface area contributed by atoms with Crippen LogP contribution in [0.4, 0.5) is 16.2 Å². The number of nitrogens with zero attached hydrogens (tertiary/aromatic N) is 1. The van der Waals surface area contributed by atoms with E-state index in [0.717, 1.165) is 41.5 Å². The Bertz CT molecular complexity index is 1150. The molecule has 1 fully saturated rings. The number of anilines is 2. The van der Waals surface area contributed by atoms with E-state index in [-0.39, 0.29) is 18.4 Å². The molecule has 4 rings (SSSR count). The van der Waals surface area contributed by atoms with Gasteiger partial charge < -0.3 is 15.7 Å². The Morgan fingerprint density at radius 2 is 1.71 bits per heavy atom. The third-order valence-electron chi connectivity index (χ3n) is 7.29. The second-order valence-corrected chi connectivity index (χ2v) is 9.48. The molecular weight excluding hydrogens is 430 g/mol. The minimum Gasteiger partial charge on any atom is -0.481 e. The number of carboxylic acids is 1. The lowest BCUT2D eigenvalue weighted by Crippen LogP contribution is -2.65. The molecule has 2 aliphatic rings. The topological polar surface area (TPSA) is 98.7 Å². The van der Waals surface area contributed by atoms with Gasteiger partial charge in [-0.15, -0.1) is 0 Å². The van der Waals surface area contributed by atoms with Crippen molar-refractivity contribution in [2.24, 2.45) is 0 Å². The molecule has 7 nitrogen and oxygen atoms in total. The average Bonchev–Trinajstić information content (AvgIpc) is 2.80. The van der Waals surface area contributed by atoms with Crippen LogP contribution in [0.3, 0.4) is 0 Å². The van der Waals surface area contributed by atoms with Gasteiger partial charge in [0, 0.05) is 6.54 Å². The van der Waals surface area contributed by atoms with Crippen LogP contribution in [0.5, 0.6) is 0 Å². The molecule has 1 saturated carbocycles. The minimum atomic E-state index is -0.944. The maximum absolute atomic E-state index is 13.6. The third kappa shape index (κ3) is 3.83. The van der Waals surface area contributed by atoms with E-state index in [2.05, 4.69) is 10.6 Å². The van der Waals surface area contributed by atoms with Crippen molar-refractivity contribution in [3.05, 3.63) is 46.5 Å². The monoisotopic (exact) mass is 463 g/mol. The van der Waals surface area contributed by atoms with Gasteiger partial charge >= 0.3 is 12.0 Å². The summed E-state index contributed by atoms with van der Waals surface area (Å²) in [6.45, 7) is 8.08. The van der Waals surface area contributed by atoms with Crippen molar-refractivity contribution in [2.75, 3.05) is 16.8 Å². The third-order valence-corrected chi connectivity index (χ3v) is 7.29. The van der Waals surface area contributed by atoms with E-state index in [0.29, 0.717) is 41.9 Å². The van der Waals surface area contributed by atoms with Crippen LogP contribution in [0.2, 0.25) is 0 Å². The normalized spacial score (nSPS) is 16.7. The van der Waals surface area contributed by atoms with Crippen molar-refractivity contribution in [2.45, 2.75) is 71.8 Å². The first-order chi connectivity index (χ1) is 16.2. The number of fused-ring (bicyclic) bond motifs is 1. The van der Waals surface area contributed by atoms with Crippen LogP contribution >= 0.6 is 0 Å². The van der Waals surface area contributed by atoms with Crippen molar-refractivity contribution < 1.29 is 19.5 Å². The molecule has 2 aromatic rings. The van der Waals surface area contributed by atoms with E-state index >= 15 is 0 Å². The van der Waals surface area contributed by atoms with Gasteiger partial charge in [-0.05, 0) is 68.4 Å². The Morgan fingerprint density at radius 3 is 2.29 bits per heavy atom. The summed E-state index contributed by atoms with van der Waals surface area (Å²) >= 11 is 0. The standard InChI is InChI=1S/C27H33N3O4/c1-5-28-26(34)30-24-18(4)22(19-11-9-16(2)10-12-19)20(15-21(31)32)17(3)23(24)29-25(33)27(30)13-7-6-8-14-27/h9-12H,5-8,13-15H2,1-4H3,(H,28,34)(H,29,33)(H,31,32). The Hall–Kier alpha value is -3.35. The molecule has 1 heterocycles. The second kappa shape index (κ2) is 9.12. The van der Waals surface area contributed by atoms with Crippen LogP contribution in [0, 0.1) is 20.8 Å². The molecule has 0 radical (unpaired) electrons. The average molecular weight is 464 g/mol. The van der Waals surface area contributed by atoms with Crippen molar-refractivity contribution in [3.8, 4) is 11.1 Å². The molecule has 3 N–H and O–H groups in total. The lowest BCUT2D eigenvalue weighted by atomic mass is 9.76. The molecule has 7 heteroatoms. The Kier molecular flexibility index (Phi) is 6.39. The number of benzene rings is 2. The number of aliphatic carboxylic acids is 1. The second-order valence-electron chi connectivity index (χ2n) is 9.48. The number of aryl methyl sites for hydroxylation is 1. The highest BCUT2D eigenvalue weighted by molar-refractivity contribution is 6.16. The highest BCUT2D eigenvalue weighted by Crippen LogP contribution is 2.50.